The van der Waals surface area contributed by atoms with Crippen LogP contribution < -0.4 is 10.1 Å². The third-order valence-corrected chi connectivity index (χ3v) is 3.80. The van der Waals surface area contributed by atoms with Gasteiger partial charge in [-0.05, 0) is 55.3 Å². The molecule has 5 nitrogen and oxygen atoms in total. The van der Waals surface area contributed by atoms with E-state index in [9.17, 15) is 9.59 Å². The Morgan fingerprint density at radius 3 is 2.54 bits per heavy atom. The van der Waals surface area contributed by atoms with Crippen molar-refractivity contribution in [1.29, 1.82) is 0 Å². The summed E-state index contributed by atoms with van der Waals surface area (Å²) < 4.78 is 11.0. The van der Waals surface area contributed by atoms with Crippen molar-refractivity contribution in [3.63, 3.8) is 0 Å². The predicted octanol–water partition coefficient (Wildman–Crippen LogP) is 3.63. The van der Waals surface area contributed by atoms with E-state index in [1.807, 2.05) is 32.0 Å². The minimum Gasteiger partial charge on any atom is -0.482 e. The van der Waals surface area contributed by atoms with Gasteiger partial charge in [-0.15, -0.1) is 0 Å². The van der Waals surface area contributed by atoms with Crippen molar-refractivity contribution in [3.05, 3.63) is 58.1 Å². The Morgan fingerprint density at radius 1 is 1.04 bits per heavy atom. The summed E-state index contributed by atoms with van der Waals surface area (Å²) in [6.45, 7) is 3.35. The summed E-state index contributed by atoms with van der Waals surface area (Å²) in [5.41, 5.74) is 2.89. The van der Waals surface area contributed by atoms with Crippen molar-refractivity contribution in [2.75, 3.05) is 18.5 Å². The first-order valence-electron chi connectivity index (χ1n) is 7.35. The Balaban J connectivity index is 1.74. The molecular weight excluding hydrogens is 374 g/mol. The highest BCUT2D eigenvalue weighted by molar-refractivity contribution is 9.10. The summed E-state index contributed by atoms with van der Waals surface area (Å²) in [5.74, 6) is -0.458. The molecule has 2 rings (SSSR count). The Hall–Kier alpha value is -2.34. The van der Waals surface area contributed by atoms with E-state index in [2.05, 4.69) is 21.2 Å². The molecule has 2 aromatic rings. The lowest BCUT2D eigenvalue weighted by molar-refractivity contribution is -0.149. The molecule has 0 heterocycles. The quantitative estimate of drug-likeness (QED) is 0.763. The average Bonchev–Trinajstić information content (AvgIpc) is 2.54. The fraction of sp³-hybridized carbons (Fsp3) is 0.222. The molecule has 0 radical (unpaired) electrons. The molecular formula is C18H18BrNO4. The number of ether oxygens (including phenoxy) is 2. The lowest BCUT2D eigenvalue weighted by atomic mass is 10.1. The topological polar surface area (TPSA) is 64.6 Å². The molecule has 1 amide bonds. The summed E-state index contributed by atoms with van der Waals surface area (Å²) in [4.78, 5) is 23.4. The molecule has 0 aliphatic rings. The first-order chi connectivity index (χ1) is 11.4. The van der Waals surface area contributed by atoms with Crippen LogP contribution in [0.2, 0.25) is 0 Å². The van der Waals surface area contributed by atoms with E-state index >= 15 is 0 Å². The maximum Gasteiger partial charge on any atom is 0.344 e. The molecule has 1 N–H and O–H groups in total. The molecule has 6 heteroatoms. The number of benzene rings is 2. The van der Waals surface area contributed by atoms with Crippen LogP contribution >= 0.6 is 15.9 Å². The molecule has 126 valence electrons. The summed E-state index contributed by atoms with van der Waals surface area (Å²) in [6.07, 6.45) is 0. The van der Waals surface area contributed by atoms with Crippen LogP contribution in [0.15, 0.2) is 46.9 Å². The second-order valence-electron chi connectivity index (χ2n) is 5.25. The van der Waals surface area contributed by atoms with Crippen LogP contribution in [-0.2, 0) is 14.3 Å². The number of hydrogen-bond donors (Lipinski definition) is 1. The third kappa shape index (κ3) is 5.70. The third-order valence-electron chi connectivity index (χ3n) is 3.31. The van der Waals surface area contributed by atoms with Crippen molar-refractivity contribution in [3.8, 4) is 5.75 Å². The number of aryl methyl sites for hydroxylation is 2. The summed E-state index contributed by atoms with van der Waals surface area (Å²) in [5, 5.41) is 2.68. The minimum atomic E-state index is -0.606. The average molecular weight is 392 g/mol. The zero-order chi connectivity index (χ0) is 17.5. The van der Waals surface area contributed by atoms with Crippen molar-refractivity contribution < 1.29 is 19.1 Å². The summed E-state index contributed by atoms with van der Waals surface area (Å²) >= 11 is 3.31. The van der Waals surface area contributed by atoms with Gasteiger partial charge in [-0.25, -0.2) is 4.79 Å². The molecule has 0 atom stereocenters. The number of halogens is 1. The van der Waals surface area contributed by atoms with Crippen LogP contribution in [0.4, 0.5) is 5.69 Å². The van der Waals surface area contributed by atoms with Crippen LogP contribution in [0.5, 0.6) is 5.75 Å². The van der Waals surface area contributed by atoms with E-state index in [1.165, 1.54) is 0 Å². The normalized spacial score (nSPS) is 10.1. The molecule has 0 aliphatic heterocycles. The molecule has 0 saturated carbocycles. The van der Waals surface area contributed by atoms with E-state index in [0.717, 1.165) is 15.6 Å². The fourth-order valence-electron chi connectivity index (χ4n) is 1.90. The lowest BCUT2D eigenvalue weighted by Gasteiger charge is -2.09. The molecule has 2 aromatic carbocycles. The monoisotopic (exact) mass is 391 g/mol. The van der Waals surface area contributed by atoms with E-state index in [-0.39, 0.29) is 13.2 Å². The van der Waals surface area contributed by atoms with Gasteiger partial charge in [0.25, 0.3) is 5.91 Å². The second-order valence-corrected chi connectivity index (χ2v) is 6.17. The van der Waals surface area contributed by atoms with Crippen LogP contribution in [0.3, 0.4) is 0 Å². The number of rotatable bonds is 6. The van der Waals surface area contributed by atoms with Gasteiger partial charge in [-0.2, -0.15) is 0 Å². The molecule has 24 heavy (non-hydrogen) atoms. The zero-order valence-electron chi connectivity index (χ0n) is 13.5. The Bertz CT molecular complexity index is 746. The van der Waals surface area contributed by atoms with Crippen LogP contribution in [0, 0.1) is 13.8 Å². The predicted molar refractivity (Wildman–Crippen MR) is 95.1 cm³/mol. The number of nitrogens with one attached hydrogen (secondary N) is 1. The van der Waals surface area contributed by atoms with Gasteiger partial charge in [-0.1, -0.05) is 28.1 Å². The molecule has 0 fully saturated rings. The first kappa shape index (κ1) is 18.0. The van der Waals surface area contributed by atoms with Crippen molar-refractivity contribution in [2.45, 2.75) is 13.8 Å². The van der Waals surface area contributed by atoms with Crippen molar-refractivity contribution >= 4 is 33.5 Å². The zero-order valence-corrected chi connectivity index (χ0v) is 15.1. The van der Waals surface area contributed by atoms with Gasteiger partial charge in [0, 0.05) is 10.2 Å². The highest BCUT2D eigenvalue weighted by Gasteiger charge is 2.09. The Labute approximate surface area is 149 Å². The first-order valence-corrected chi connectivity index (χ1v) is 8.14. The highest BCUT2D eigenvalue weighted by Crippen LogP contribution is 2.17. The van der Waals surface area contributed by atoms with E-state index in [1.54, 1.807) is 24.3 Å². The molecule has 0 saturated heterocycles. The Morgan fingerprint density at radius 2 is 1.83 bits per heavy atom. The number of carbonyl (C=O) groups excluding carboxylic acids is 2. The van der Waals surface area contributed by atoms with E-state index < -0.39 is 11.9 Å². The highest BCUT2D eigenvalue weighted by atomic mass is 79.9. The lowest BCUT2D eigenvalue weighted by Crippen LogP contribution is -2.23. The number of hydrogen-bond acceptors (Lipinski definition) is 4. The second kappa shape index (κ2) is 8.49. The number of carbonyl (C=O) groups is 2. The summed E-state index contributed by atoms with van der Waals surface area (Å²) in [7, 11) is 0. The van der Waals surface area contributed by atoms with Gasteiger partial charge in [0.05, 0.1) is 0 Å². The fourth-order valence-corrected chi connectivity index (χ4v) is 2.28. The van der Waals surface area contributed by atoms with Crippen LogP contribution in [0.1, 0.15) is 11.1 Å². The molecule has 0 spiro atoms. The van der Waals surface area contributed by atoms with Crippen LogP contribution in [-0.4, -0.2) is 25.1 Å². The maximum atomic E-state index is 11.8. The molecule has 0 aromatic heterocycles. The molecule has 0 bridgehead atoms. The molecule has 0 aliphatic carbocycles. The van der Waals surface area contributed by atoms with Crippen LogP contribution in [0.25, 0.3) is 0 Å². The van der Waals surface area contributed by atoms with Crippen molar-refractivity contribution in [1.82, 2.24) is 0 Å². The van der Waals surface area contributed by atoms with E-state index in [0.29, 0.717) is 11.4 Å². The van der Waals surface area contributed by atoms with Gasteiger partial charge in [0.1, 0.15) is 5.75 Å². The van der Waals surface area contributed by atoms with Gasteiger partial charge in [-0.3, -0.25) is 4.79 Å². The standard InChI is InChI=1S/C18H18BrNO4/c1-12-6-7-15(8-13(12)2)20-17(21)10-24-18(22)11-23-16-5-3-4-14(19)9-16/h3-9H,10-11H2,1-2H3,(H,20,21). The van der Waals surface area contributed by atoms with Crippen molar-refractivity contribution in [2.24, 2.45) is 0 Å². The minimum absolute atomic E-state index is 0.257. The largest absolute Gasteiger partial charge is 0.482 e. The SMILES string of the molecule is Cc1ccc(NC(=O)COC(=O)COc2cccc(Br)c2)cc1C. The summed E-state index contributed by atoms with van der Waals surface area (Å²) in [6, 6.07) is 12.7. The van der Waals surface area contributed by atoms with E-state index in [4.69, 9.17) is 9.47 Å². The van der Waals surface area contributed by atoms with Gasteiger partial charge in [0.2, 0.25) is 0 Å². The molecule has 0 unspecified atom stereocenters. The van der Waals surface area contributed by atoms with Gasteiger partial charge < -0.3 is 14.8 Å². The maximum absolute atomic E-state index is 11.8. The number of esters is 1. The van der Waals surface area contributed by atoms with Gasteiger partial charge in [0.15, 0.2) is 13.2 Å². The number of anilines is 1. The van der Waals surface area contributed by atoms with Gasteiger partial charge >= 0.3 is 5.97 Å². The number of amides is 1. The Kier molecular flexibility index (Phi) is 6.37. The smallest absolute Gasteiger partial charge is 0.344 e.